The number of nitrogens with zero attached hydrogens (tertiary/aromatic N) is 1. The zero-order valence-electron chi connectivity index (χ0n) is 31.7. The molecule has 272 valence electrons. The van der Waals surface area contributed by atoms with Crippen molar-refractivity contribution in [1.29, 1.82) is 0 Å². The van der Waals surface area contributed by atoms with Crippen LogP contribution in [0.3, 0.4) is 0 Å². The quantitative estimate of drug-likeness (QED) is 0.162. The summed E-state index contributed by atoms with van der Waals surface area (Å²) in [6.45, 7) is 0. The molecule has 0 fully saturated rings. The highest BCUT2D eigenvalue weighted by molar-refractivity contribution is 6.12. The van der Waals surface area contributed by atoms with Crippen LogP contribution in [0, 0.1) is 0 Å². The van der Waals surface area contributed by atoms with Gasteiger partial charge in [-0.15, -0.1) is 0 Å². The lowest BCUT2D eigenvalue weighted by Gasteiger charge is -2.28. The number of hydrogen-bond acceptors (Lipinski definition) is 2. The molecule has 1 aromatic heterocycles. The van der Waals surface area contributed by atoms with E-state index in [4.69, 9.17) is 4.42 Å². The van der Waals surface area contributed by atoms with E-state index >= 15 is 0 Å². The van der Waals surface area contributed by atoms with Crippen molar-refractivity contribution in [2.75, 3.05) is 4.90 Å². The minimum Gasteiger partial charge on any atom is -0.456 e. The molecule has 0 saturated heterocycles. The average Bonchev–Trinajstić information content (AvgIpc) is 3.69. The molecule has 0 unspecified atom stereocenters. The van der Waals surface area contributed by atoms with Gasteiger partial charge in [0.25, 0.3) is 0 Å². The fourth-order valence-corrected chi connectivity index (χ4v) is 8.65. The molecule has 2 heteroatoms. The molecular formula is C56H37NO. The highest BCUT2D eigenvalue weighted by Gasteiger charge is 2.19. The minimum absolute atomic E-state index is 0.898. The Morgan fingerprint density at radius 2 is 0.845 bits per heavy atom. The maximum absolute atomic E-state index is 6.26. The predicted molar refractivity (Wildman–Crippen MR) is 245 cm³/mol. The van der Waals surface area contributed by atoms with Gasteiger partial charge < -0.3 is 9.32 Å². The average molecular weight is 740 g/mol. The van der Waals surface area contributed by atoms with Gasteiger partial charge in [-0.2, -0.15) is 0 Å². The first-order chi connectivity index (χ1) is 28.7. The van der Waals surface area contributed by atoms with E-state index in [1.807, 2.05) is 12.1 Å². The maximum Gasteiger partial charge on any atom is 0.136 e. The summed E-state index contributed by atoms with van der Waals surface area (Å²) in [4.78, 5) is 2.40. The molecule has 0 saturated carbocycles. The first-order valence-electron chi connectivity index (χ1n) is 19.8. The lowest BCUT2D eigenvalue weighted by Crippen LogP contribution is -2.11. The van der Waals surface area contributed by atoms with Crippen LogP contribution in [0.2, 0.25) is 0 Å². The molecule has 2 nitrogen and oxygen atoms in total. The van der Waals surface area contributed by atoms with Crippen LogP contribution in [0.25, 0.3) is 88.0 Å². The monoisotopic (exact) mass is 739 g/mol. The van der Waals surface area contributed by atoms with Crippen LogP contribution >= 0.6 is 0 Å². The van der Waals surface area contributed by atoms with E-state index in [1.54, 1.807) is 0 Å². The molecule has 11 aromatic rings. The Labute approximate surface area is 337 Å². The van der Waals surface area contributed by atoms with Crippen molar-refractivity contribution in [1.82, 2.24) is 0 Å². The highest BCUT2D eigenvalue weighted by atomic mass is 16.3. The van der Waals surface area contributed by atoms with Gasteiger partial charge in [0.2, 0.25) is 0 Å². The Hall–Kier alpha value is -7.68. The zero-order chi connectivity index (χ0) is 38.4. The van der Waals surface area contributed by atoms with Gasteiger partial charge in [-0.05, 0) is 109 Å². The van der Waals surface area contributed by atoms with E-state index in [0.29, 0.717) is 0 Å². The zero-order valence-corrected chi connectivity index (χ0v) is 31.7. The highest BCUT2D eigenvalue weighted by Crippen LogP contribution is 2.44. The number of fused-ring (bicyclic) bond motifs is 5. The summed E-state index contributed by atoms with van der Waals surface area (Å²) in [7, 11) is 0. The number of anilines is 3. The van der Waals surface area contributed by atoms with Gasteiger partial charge in [0.1, 0.15) is 11.2 Å². The van der Waals surface area contributed by atoms with Crippen molar-refractivity contribution in [3.63, 3.8) is 0 Å². The SMILES string of the molecule is c1cc(-c2ccc3ccccc3c2)cc(N(c2ccc(-c3cccc4oc5ccccc5c34)cc2)c2ccccc2-c2ccc(-c3cccc4ccccc34)cc2)c1. The summed E-state index contributed by atoms with van der Waals surface area (Å²) in [6.07, 6.45) is 0. The standard InChI is InChI=1S/C56H37NO/c1-2-14-43-36-45(31-26-38(43)12-1)44-16-9-17-47(37-44)57(46-34-32-42(33-35-46)51-22-11-25-55-56(51)52-20-6-8-24-54(52)58-55)53-23-7-5-19-50(53)41-29-27-40(28-30-41)49-21-10-15-39-13-3-4-18-48(39)49/h1-37H. The molecule has 0 atom stereocenters. The number of hydrogen-bond donors (Lipinski definition) is 0. The number of para-hydroxylation sites is 2. The minimum atomic E-state index is 0.898. The Balaban J connectivity index is 1.04. The topological polar surface area (TPSA) is 16.4 Å². The summed E-state index contributed by atoms with van der Waals surface area (Å²) in [6, 6.07) is 80.8. The molecule has 0 bridgehead atoms. The van der Waals surface area contributed by atoms with Gasteiger partial charge in [-0.1, -0.05) is 176 Å². The molecule has 10 aromatic carbocycles. The Bertz CT molecular complexity index is 3280. The van der Waals surface area contributed by atoms with E-state index in [0.717, 1.165) is 61.3 Å². The van der Waals surface area contributed by atoms with Crippen LogP contribution in [-0.2, 0) is 0 Å². The van der Waals surface area contributed by atoms with Gasteiger partial charge in [-0.3, -0.25) is 0 Å². The normalized spacial score (nSPS) is 11.4. The second-order valence-electron chi connectivity index (χ2n) is 14.9. The van der Waals surface area contributed by atoms with Crippen molar-refractivity contribution in [2.45, 2.75) is 0 Å². The lowest BCUT2D eigenvalue weighted by molar-refractivity contribution is 0.669. The first-order valence-corrected chi connectivity index (χ1v) is 19.8. The van der Waals surface area contributed by atoms with Gasteiger partial charge in [0.15, 0.2) is 0 Å². The third kappa shape index (κ3) is 5.91. The van der Waals surface area contributed by atoms with Crippen LogP contribution in [0.5, 0.6) is 0 Å². The number of furan rings is 1. The van der Waals surface area contributed by atoms with Gasteiger partial charge in [-0.25, -0.2) is 0 Å². The Kier molecular flexibility index (Phi) is 8.19. The fraction of sp³-hybridized carbons (Fsp3) is 0. The molecule has 0 aliphatic carbocycles. The summed E-state index contributed by atoms with van der Waals surface area (Å²) in [5.41, 5.74) is 14.5. The lowest BCUT2D eigenvalue weighted by atomic mass is 9.95. The summed E-state index contributed by atoms with van der Waals surface area (Å²) >= 11 is 0. The van der Waals surface area contributed by atoms with Crippen molar-refractivity contribution >= 4 is 60.5 Å². The summed E-state index contributed by atoms with van der Waals surface area (Å²) in [5.74, 6) is 0. The van der Waals surface area contributed by atoms with E-state index < -0.39 is 0 Å². The van der Waals surface area contributed by atoms with Crippen LogP contribution in [0.15, 0.2) is 229 Å². The third-order valence-corrected chi connectivity index (χ3v) is 11.5. The van der Waals surface area contributed by atoms with E-state index in [1.165, 1.54) is 43.8 Å². The first kappa shape index (κ1) is 33.6. The molecule has 0 N–H and O–H groups in total. The summed E-state index contributed by atoms with van der Waals surface area (Å²) < 4.78 is 6.26. The molecule has 0 aliphatic heterocycles. The molecule has 58 heavy (non-hydrogen) atoms. The van der Waals surface area contributed by atoms with Crippen molar-refractivity contribution in [2.24, 2.45) is 0 Å². The molecule has 11 rings (SSSR count). The van der Waals surface area contributed by atoms with E-state index in [2.05, 4.69) is 217 Å². The summed E-state index contributed by atoms with van der Waals surface area (Å²) in [5, 5.41) is 7.25. The van der Waals surface area contributed by atoms with Gasteiger partial charge in [0.05, 0.1) is 5.69 Å². The Morgan fingerprint density at radius 3 is 1.71 bits per heavy atom. The molecule has 1 heterocycles. The second kappa shape index (κ2) is 14.1. The van der Waals surface area contributed by atoms with Crippen molar-refractivity contribution < 1.29 is 4.42 Å². The number of benzene rings is 10. The van der Waals surface area contributed by atoms with Crippen LogP contribution in [0.1, 0.15) is 0 Å². The molecular weight excluding hydrogens is 703 g/mol. The van der Waals surface area contributed by atoms with Crippen molar-refractivity contribution in [3.05, 3.63) is 224 Å². The molecule has 0 radical (unpaired) electrons. The van der Waals surface area contributed by atoms with E-state index in [-0.39, 0.29) is 0 Å². The second-order valence-corrected chi connectivity index (χ2v) is 14.9. The third-order valence-electron chi connectivity index (χ3n) is 11.5. The molecule has 0 spiro atoms. The largest absolute Gasteiger partial charge is 0.456 e. The number of rotatable bonds is 7. The van der Waals surface area contributed by atoms with Crippen molar-refractivity contribution in [3.8, 4) is 44.5 Å². The molecule has 0 aliphatic rings. The predicted octanol–water partition coefficient (Wildman–Crippen LogP) is 16.0. The van der Waals surface area contributed by atoms with Crippen LogP contribution in [0.4, 0.5) is 17.1 Å². The van der Waals surface area contributed by atoms with Gasteiger partial charge in [0, 0.05) is 27.7 Å². The smallest absolute Gasteiger partial charge is 0.136 e. The van der Waals surface area contributed by atoms with Crippen LogP contribution < -0.4 is 4.90 Å². The maximum atomic E-state index is 6.26. The van der Waals surface area contributed by atoms with E-state index in [9.17, 15) is 0 Å². The van der Waals surface area contributed by atoms with Crippen LogP contribution in [-0.4, -0.2) is 0 Å². The van der Waals surface area contributed by atoms with Gasteiger partial charge >= 0.3 is 0 Å². The fourth-order valence-electron chi connectivity index (χ4n) is 8.65. The molecule has 0 amide bonds. The Morgan fingerprint density at radius 1 is 0.293 bits per heavy atom.